The monoisotopic (exact) mass is 318 g/mol. The maximum Gasteiger partial charge on any atom is 0.247 e. The molecule has 0 aliphatic rings. The van der Waals surface area contributed by atoms with Gasteiger partial charge in [-0.3, -0.25) is 4.79 Å². The fourth-order valence-corrected chi connectivity index (χ4v) is 3.17. The maximum absolute atomic E-state index is 12.4. The van der Waals surface area contributed by atoms with Crippen LogP contribution in [0.15, 0.2) is 59.5 Å². The molecular formula is C16H18N2O3S. The molecular weight excluding hydrogens is 300 g/mol. The van der Waals surface area contributed by atoms with Crippen LogP contribution < -0.4 is 10.0 Å². The van der Waals surface area contributed by atoms with E-state index in [1.54, 1.807) is 26.0 Å². The molecule has 22 heavy (non-hydrogen) atoms. The van der Waals surface area contributed by atoms with Crippen LogP contribution in [0.2, 0.25) is 0 Å². The number of sulfonamides is 1. The summed E-state index contributed by atoms with van der Waals surface area (Å²) in [7, 11) is -3.72. The van der Waals surface area contributed by atoms with Crippen molar-refractivity contribution >= 4 is 26.7 Å². The van der Waals surface area contributed by atoms with Crippen molar-refractivity contribution in [2.24, 2.45) is 0 Å². The van der Waals surface area contributed by atoms with Crippen LogP contribution in [0.1, 0.15) is 13.8 Å². The summed E-state index contributed by atoms with van der Waals surface area (Å²) in [6, 6.07) is 12.4. The third kappa shape index (κ3) is 3.72. The van der Waals surface area contributed by atoms with Gasteiger partial charge in [-0.15, -0.1) is 0 Å². The van der Waals surface area contributed by atoms with E-state index in [0.717, 1.165) is 10.8 Å². The summed E-state index contributed by atoms with van der Waals surface area (Å²) in [5.74, 6) is -0.395. The van der Waals surface area contributed by atoms with Crippen molar-refractivity contribution in [2.45, 2.75) is 24.9 Å². The lowest BCUT2D eigenvalue weighted by atomic mass is 10.1. The van der Waals surface area contributed by atoms with E-state index in [1.807, 2.05) is 24.3 Å². The Morgan fingerprint density at radius 1 is 1.14 bits per heavy atom. The third-order valence-corrected chi connectivity index (χ3v) is 4.64. The number of fused-ring (bicyclic) bond motifs is 1. The molecule has 0 spiro atoms. The summed E-state index contributed by atoms with van der Waals surface area (Å²) in [5.41, 5.74) is 0.316. The van der Waals surface area contributed by atoms with Crippen molar-refractivity contribution in [1.82, 2.24) is 10.0 Å². The smallest absolute Gasteiger partial charge is 0.247 e. The van der Waals surface area contributed by atoms with E-state index in [2.05, 4.69) is 16.6 Å². The lowest BCUT2D eigenvalue weighted by molar-refractivity contribution is -0.118. The Balaban J connectivity index is 2.21. The van der Waals surface area contributed by atoms with Gasteiger partial charge in [-0.25, -0.2) is 8.42 Å². The van der Waals surface area contributed by atoms with Crippen LogP contribution in [-0.2, 0) is 14.8 Å². The number of carbonyl (C=O) groups is 1. The van der Waals surface area contributed by atoms with Crippen molar-refractivity contribution in [1.29, 1.82) is 0 Å². The molecule has 1 unspecified atom stereocenters. The number of nitrogens with one attached hydrogen (secondary N) is 2. The minimum Gasteiger partial charge on any atom is -0.336 e. The first-order valence-corrected chi connectivity index (χ1v) is 8.25. The molecule has 2 rings (SSSR count). The van der Waals surface area contributed by atoms with Gasteiger partial charge in [0.05, 0.1) is 11.1 Å². The fraction of sp³-hybridized carbons (Fsp3) is 0.188. The van der Waals surface area contributed by atoms with Gasteiger partial charge in [0.25, 0.3) is 0 Å². The van der Waals surface area contributed by atoms with Crippen LogP contribution in [0, 0.1) is 0 Å². The highest BCUT2D eigenvalue weighted by molar-refractivity contribution is 7.89. The van der Waals surface area contributed by atoms with Gasteiger partial charge in [-0.05, 0) is 36.8 Å². The van der Waals surface area contributed by atoms with E-state index in [0.29, 0.717) is 5.57 Å². The molecule has 2 N–H and O–H groups in total. The standard InChI is InChI=1S/C16H18N2O3S/c1-11(2)16(19)17-12(3)18-22(20,21)15-9-8-13-6-4-5-7-14(13)10-15/h4-10,12,18H,1H2,2-3H3,(H,17,19). The first-order chi connectivity index (χ1) is 10.3. The molecule has 0 saturated carbocycles. The van der Waals surface area contributed by atoms with E-state index in [1.165, 1.54) is 6.07 Å². The molecule has 0 fully saturated rings. The van der Waals surface area contributed by atoms with Crippen molar-refractivity contribution < 1.29 is 13.2 Å². The largest absolute Gasteiger partial charge is 0.336 e. The Hall–Kier alpha value is -2.18. The summed E-state index contributed by atoms with van der Waals surface area (Å²) < 4.78 is 27.1. The molecule has 0 heterocycles. The molecule has 1 atom stereocenters. The summed E-state index contributed by atoms with van der Waals surface area (Å²) >= 11 is 0. The topological polar surface area (TPSA) is 75.3 Å². The van der Waals surface area contributed by atoms with Gasteiger partial charge in [0.2, 0.25) is 15.9 Å². The predicted molar refractivity (Wildman–Crippen MR) is 86.7 cm³/mol. The van der Waals surface area contributed by atoms with Crippen molar-refractivity contribution in [3.63, 3.8) is 0 Å². The van der Waals surface area contributed by atoms with Gasteiger partial charge in [-0.1, -0.05) is 36.9 Å². The molecule has 2 aromatic carbocycles. The van der Waals surface area contributed by atoms with Crippen LogP contribution in [0.25, 0.3) is 10.8 Å². The first kappa shape index (κ1) is 16.2. The molecule has 5 nitrogen and oxygen atoms in total. The lowest BCUT2D eigenvalue weighted by Crippen LogP contribution is -2.45. The lowest BCUT2D eigenvalue weighted by Gasteiger charge is -2.16. The summed E-state index contributed by atoms with van der Waals surface area (Å²) in [5, 5.41) is 4.31. The van der Waals surface area contributed by atoms with Crippen LogP contribution in [0.3, 0.4) is 0 Å². The first-order valence-electron chi connectivity index (χ1n) is 6.77. The number of hydrogen-bond donors (Lipinski definition) is 2. The SMILES string of the molecule is C=C(C)C(=O)NC(C)NS(=O)(=O)c1ccc2ccccc2c1. The Labute approximate surface area is 130 Å². The predicted octanol–water partition coefficient (Wildman–Crippen LogP) is 2.16. The molecule has 0 aliphatic carbocycles. The molecule has 116 valence electrons. The average Bonchev–Trinajstić information content (AvgIpc) is 2.45. The molecule has 0 bridgehead atoms. The van der Waals surface area contributed by atoms with Crippen molar-refractivity contribution in [3.8, 4) is 0 Å². The van der Waals surface area contributed by atoms with Crippen molar-refractivity contribution in [2.75, 3.05) is 0 Å². The van der Waals surface area contributed by atoms with Crippen molar-refractivity contribution in [3.05, 3.63) is 54.6 Å². The summed E-state index contributed by atoms with van der Waals surface area (Å²) in [6.07, 6.45) is -0.735. The van der Waals surface area contributed by atoms with Crippen LogP contribution in [0.5, 0.6) is 0 Å². The van der Waals surface area contributed by atoms with E-state index < -0.39 is 22.1 Å². The number of benzene rings is 2. The molecule has 0 saturated heterocycles. The number of hydrogen-bond acceptors (Lipinski definition) is 3. The summed E-state index contributed by atoms with van der Waals surface area (Å²) in [4.78, 5) is 11.7. The molecule has 0 aliphatic heterocycles. The number of amides is 1. The Bertz CT molecular complexity index is 828. The molecule has 2 aromatic rings. The highest BCUT2D eigenvalue weighted by Crippen LogP contribution is 2.18. The second-order valence-corrected chi connectivity index (χ2v) is 6.82. The van der Waals surface area contributed by atoms with Crippen LogP contribution in [0.4, 0.5) is 0 Å². The van der Waals surface area contributed by atoms with Crippen LogP contribution >= 0.6 is 0 Å². The number of carbonyl (C=O) groups excluding carboxylic acids is 1. The average molecular weight is 318 g/mol. The Morgan fingerprint density at radius 2 is 1.77 bits per heavy atom. The van der Waals surface area contributed by atoms with Gasteiger partial charge in [0.1, 0.15) is 0 Å². The van der Waals surface area contributed by atoms with E-state index in [-0.39, 0.29) is 4.90 Å². The van der Waals surface area contributed by atoms with Gasteiger partial charge in [-0.2, -0.15) is 4.72 Å². The van der Waals surface area contributed by atoms with Crippen LogP contribution in [-0.4, -0.2) is 20.5 Å². The zero-order valence-electron chi connectivity index (χ0n) is 12.5. The third-order valence-electron chi connectivity index (χ3n) is 3.10. The second kappa shape index (κ2) is 6.29. The van der Waals surface area contributed by atoms with Gasteiger partial charge < -0.3 is 5.32 Å². The quantitative estimate of drug-likeness (QED) is 0.655. The van der Waals surface area contributed by atoms with E-state index >= 15 is 0 Å². The van der Waals surface area contributed by atoms with E-state index in [4.69, 9.17) is 0 Å². The minimum absolute atomic E-state index is 0.155. The Morgan fingerprint density at radius 3 is 2.41 bits per heavy atom. The Kier molecular flexibility index (Phi) is 4.63. The van der Waals surface area contributed by atoms with Gasteiger partial charge in [0, 0.05) is 5.57 Å². The maximum atomic E-state index is 12.4. The van der Waals surface area contributed by atoms with Gasteiger partial charge in [0.15, 0.2) is 0 Å². The van der Waals surface area contributed by atoms with Gasteiger partial charge >= 0.3 is 0 Å². The van der Waals surface area contributed by atoms with E-state index in [9.17, 15) is 13.2 Å². The highest BCUT2D eigenvalue weighted by atomic mass is 32.2. The molecule has 0 aromatic heterocycles. The molecule has 0 radical (unpaired) electrons. The second-order valence-electron chi connectivity index (χ2n) is 5.11. The summed E-state index contributed by atoms with van der Waals surface area (Å²) in [6.45, 7) is 6.62. The molecule has 1 amide bonds. The minimum atomic E-state index is -3.72. The zero-order chi connectivity index (χ0) is 16.3. The number of rotatable bonds is 5. The molecule has 6 heteroatoms. The fourth-order valence-electron chi connectivity index (χ4n) is 1.98. The normalized spacial score (nSPS) is 12.8. The highest BCUT2D eigenvalue weighted by Gasteiger charge is 2.18. The zero-order valence-corrected chi connectivity index (χ0v) is 13.3.